The van der Waals surface area contributed by atoms with Gasteiger partial charge in [-0.05, 0) is 62.2 Å². The average Bonchev–Trinajstić information content (AvgIpc) is 2.57. The molecule has 2 N–H and O–H groups in total. The van der Waals surface area contributed by atoms with E-state index in [-0.39, 0.29) is 16.8 Å². The third kappa shape index (κ3) is 4.96. The standard InChI is InChI=1S/C18H21ClN2O3S/c1-4-13(3)20-18(22)14-6-5-7-16(11-14)25(23,24)21-17-9-8-15(19)10-12(17)2/h5-11,13,21H,4H2,1-3H3,(H,20,22). The van der Waals surface area contributed by atoms with E-state index in [1.165, 1.54) is 12.1 Å². The molecule has 0 saturated carbocycles. The van der Waals surface area contributed by atoms with E-state index < -0.39 is 10.0 Å². The van der Waals surface area contributed by atoms with Crippen LogP contribution in [-0.2, 0) is 10.0 Å². The first-order valence-corrected chi connectivity index (χ1v) is 9.79. The molecule has 7 heteroatoms. The Kier molecular flexibility index (Phi) is 6.08. The first-order valence-electron chi connectivity index (χ1n) is 7.93. The third-order valence-electron chi connectivity index (χ3n) is 3.83. The summed E-state index contributed by atoms with van der Waals surface area (Å²) in [7, 11) is -3.81. The Hall–Kier alpha value is -2.05. The van der Waals surface area contributed by atoms with Gasteiger partial charge in [0.05, 0.1) is 10.6 Å². The minimum absolute atomic E-state index is 0.0163. The predicted octanol–water partition coefficient (Wildman–Crippen LogP) is 3.98. The van der Waals surface area contributed by atoms with Gasteiger partial charge in [-0.3, -0.25) is 9.52 Å². The minimum atomic E-state index is -3.81. The minimum Gasteiger partial charge on any atom is -0.350 e. The number of halogens is 1. The summed E-state index contributed by atoms with van der Waals surface area (Å²) in [5.41, 5.74) is 1.46. The SMILES string of the molecule is CCC(C)NC(=O)c1cccc(S(=O)(=O)Nc2ccc(Cl)cc2C)c1. The lowest BCUT2D eigenvalue weighted by atomic mass is 10.2. The Morgan fingerprint density at radius 2 is 1.92 bits per heavy atom. The molecule has 2 aromatic carbocycles. The molecule has 0 bridgehead atoms. The van der Waals surface area contributed by atoms with E-state index in [1.807, 2.05) is 13.8 Å². The highest BCUT2D eigenvalue weighted by molar-refractivity contribution is 7.92. The molecule has 5 nitrogen and oxygen atoms in total. The van der Waals surface area contributed by atoms with Crippen LogP contribution in [0.1, 0.15) is 36.2 Å². The summed E-state index contributed by atoms with van der Waals surface area (Å²) in [5, 5.41) is 3.35. The summed E-state index contributed by atoms with van der Waals surface area (Å²) in [5.74, 6) is -0.297. The molecule has 0 spiro atoms. The number of sulfonamides is 1. The van der Waals surface area contributed by atoms with Crippen molar-refractivity contribution in [2.24, 2.45) is 0 Å². The fraction of sp³-hybridized carbons (Fsp3) is 0.278. The third-order valence-corrected chi connectivity index (χ3v) is 5.43. The lowest BCUT2D eigenvalue weighted by Gasteiger charge is -2.13. The topological polar surface area (TPSA) is 75.3 Å². The van der Waals surface area contributed by atoms with Gasteiger partial charge < -0.3 is 5.32 Å². The van der Waals surface area contributed by atoms with Crippen LogP contribution in [-0.4, -0.2) is 20.4 Å². The zero-order valence-corrected chi connectivity index (χ0v) is 15.9. The first-order chi connectivity index (χ1) is 11.7. The number of nitrogens with one attached hydrogen (secondary N) is 2. The number of rotatable bonds is 6. The summed E-state index contributed by atoms with van der Waals surface area (Å²) in [6.45, 7) is 5.62. The second-order valence-electron chi connectivity index (χ2n) is 5.88. The fourth-order valence-electron chi connectivity index (χ4n) is 2.16. The Morgan fingerprint density at radius 3 is 2.56 bits per heavy atom. The highest BCUT2D eigenvalue weighted by Gasteiger charge is 2.18. The molecule has 0 aliphatic heterocycles. The number of aryl methyl sites for hydroxylation is 1. The normalized spacial score (nSPS) is 12.5. The Bertz CT molecular complexity index is 882. The number of benzene rings is 2. The summed E-state index contributed by atoms with van der Waals surface area (Å²) >= 11 is 5.89. The van der Waals surface area contributed by atoms with Gasteiger partial charge in [-0.25, -0.2) is 8.42 Å². The molecule has 0 heterocycles. The van der Waals surface area contributed by atoms with Gasteiger partial charge in [0.25, 0.3) is 15.9 Å². The quantitative estimate of drug-likeness (QED) is 0.795. The van der Waals surface area contributed by atoms with Gasteiger partial charge in [-0.1, -0.05) is 24.6 Å². The van der Waals surface area contributed by atoms with Crippen LogP contribution >= 0.6 is 11.6 Å². The van der Waals surface area contributed by atoms with Gasteiger partial charge in [0, 0.05) is 16.6 Å². The van der Waals surface area contributed by atoms with E-state index in [4.69, 9.17) is 11.6 Å². The van der Waals surface area contributed by atoms with Crippen LogP contribution in [0, 0.1) is 6.92 Å². The molecule has 0 aliphatic carbocycles. The van der Waals surface area contributed by atoms with Gasteiger partial charge >= 0.3 is 0 Å². The number of hydrogen-bond acceptors (Lipinski definition) is 3. The van der Waals surface area contributed by atoms with Crippen molar-refractivity contribution >= 4 is 33.2 Å². The maximum atomic E-state index is 12.6. The van der Waals surface area contributed by atoms with Crippen molar-refractivity contribution in [3.8, 4) is 0 Å². The van der Waals surface area contributed by atoms with E-state index in [1.54, 1.807) is 37.3 Å². The number of carbonyl (C=O) groups excluding carboxylic acids is 1. The van der Waals surface area contributed by atoms with Crippen LogP contribution in [0.5, 0.6) is 0 Å². The lowest BCUT2D eigenvalue weighted by Crippen LogP contribution is -2.32. The van der Waals surface area contributed by atoms with E-state index >= 15 is 0 Å². The van der Waals surface area contributed by atoms with Crippen molar-refractivity contribution in [2.45, 2.75) is 38.1 Å². The zero-order chi connectivity index (χ0) is 18.6. The van der Waals surface area contributed by atoms with Crippen molar-refractivity contribution in [1.82, 2.24) is 5.32 Å². The molecular formula is C18H21ClN2O3S. The van der Waals surface area contributed by atoms with Gasteiger partial charge in [0.2, 0.25) is 0 Å². The van der Waals surface area contributed by atoms with Crippen molar-refractivity contribution in [3.63, 3.8) is 0 Å². The van der Waals surface area contributed by atoms with Gasteiger partial charge in [-0.2, -0.15) is 0 Å². The smallest absolute Gasteiger partial charge is 0.261 e. The molecule has 0 fully saturated rings. The van der Waals surface area contributed by atoms with Gasteiger partial charge in [0.15, 0.2) is 0 Å². The molecule has 0 aromatic heterocycles. The van der Waals surface area contributed by atoms with Crippen molar-refractivity contribution in [1.29, 1.82) is 0 Å². The molecular weight excluding hydrogens is 360 g/mol. The number of hydrogen-bond donors (Lipinski definition) is 2. The summed E-state index contributed by atoms with van der Waals surface area (Å²) < 4.78 is 27.8. The van der Waals surface area contributed by atoms with Crippen molar-refractivity contribution < 1.29 is 13.2 Å². The van der Waals surface area contributed by atoms with Crippen LogP contribution < -0.4 is 10.0 Å². The molecule has 0 radical (unpaired) electrons. The van der Waals surface area contributed by atoms with Crippen LogP contribution in [0.4, 0.5) is 5.69 Å². The van der Waals surface area contributed by atoms with Crippen LogP contribution in [0.15, 0.2) is 47.4 Å². The maximum absolute atomic E-state index is 12.6. The number of carbonyl (C=O) groups is 1. The Balaban J connectivity index is 2.27. The second-order valence-corrected chi connectivity index (χ2v) is 7.99. The average molecular weight is 381 g/mol. The summed E-state index contributed by atoms with van der Waals surface area (Å²) in [6, 6.07) is 10.9. The molecule has 0 aliphatic rings. The summed E-state index contributed by atoms with van der Waals surface area (Å²) in [6.07, 6.45) is 0.793. The van der Waals surface area contributed by atoms with E-state index in [2.05, 4.69) is 10.0 Å². The number of anilines is 1. The van der Waals surface area contributed by atoms with Gasteiger partial charge in [0.1, 0.15) is 0 Å². The maximum Gasteiger partial charge on any atom is 0.261 e. The van der Waals surface area contributed by atoms with Crippen molar-refractivity contribution in [3.05, 3.63) is 58.6 Å². The Labute approximate surface area is 153 Å². The van der Waals surface area contributed by atoms with Crippen LogP contribution in [0.2, 0.25) is 5.02 Å². The largest absolute Gasteiger partial charge is 0.350 e. The molecule has 134 valence electrons. The molecule has 2 rings (SSSR count). The molecule has 0 saturated heterocycles. The first kappa shape index (κ1) is 19.3. The highest BCUT2D eigenvalue weighted by Crippen LogP contribution is 2.23. The molecule has 2 aromatic rings. The van der Waals surface area contributed by atoms with E-state index in [9.17, 15) is 13.2 Å². The van der Waals surface area contributed by atoms with E-state index in [0.717, 1.165) is 6.42 Å². The number of amides is 1. The lowest BCUT2D eigenvalue weighted by molar-refractivity contribution is 0.0939. The predicted molar refractivity (Wildman–Crippen MR) is 101 cm³/mol. The molecule has 25 heavy (non-hydrogen) atoms. The Morgan fingerprint density at radius 1 is 1.20 bits per heavy atom. The second kappa shape index (κ2) is 7.89. The summed E-state index contributed by atoms with van der Waals surface area (Å²) in [4.78, 5) is 12.2. The molecule has 1 atom stereocenters. The monoisotopic (exact) mass is 380 g/mol. The van der Waals surface area contributed by atoms with Crippen LogP contribution in [0.3, 0.4) is 0 Å². The molecule has 1 unspecified atom stereocenters. The molecule has 1 amide bonds. The van der Waals surface area contributed by atoms with E-state index in [0.29, 0.717) is 21.8 Å². The fourth-order valence-corrected chi connectivity index (χ4v) is 3.56. The zero-order valence-electron chi connectivity index (χ0n) is 14.3. The van der Waals surface area contributed by atoms with Gasteiger partial charge in [-0.15, -0.1) is 0 Å². The highest BCUT2D eigenvalue weighted by atomic mass is 35.5. The van der Waals surface area contributed by atoms with Crippen LogP contribution in [0.25, 0.3) is 0 Å². The van der Waals surface area contributed by atoms with Crippen molar-refractivity contribution in [2.75, 3.05) is 4.72 Å².